The van der Waals surface area contributed by atoms with E-state index in [2.05, 4.69) is 10.1 Å². The molecule has 3 N–H and O–H groups in total. The van der Waals surface area contributed by atoms with Crippen molar-refractivity contribution in [3.8, 4) is 0 Å². The van der Waals surface area contributed by atoms with Crippen molar-refractivity contribution in [1.82, 2.24) is 5.32 Å². The molecule has 0 radical (unpaired) electrons. The van der Waals surface area contributed by atoms with Gasteiger partial charge in [0.2, 0.25) is 5.91 Å². The monoisotopic (exact) mass is 264 g/mol. The van der Waals surface area contributed by atoms with Crippen LogP contribution in [0.2, 0.25) is 0 Å². The maximum absolute atomic E-state index is 11.6. The summed E-state index contributed by atoms with van der Waals surface area (Å²) >= 11 is 0. The van der Waals surface area contributed by atoms with Crippen LogP contribution in [-0.4, -0.2) is 25.5 Å². The Labute approximate surface area is 113 Å². The third kappa shape index (κ3) is 5.09. The van der Waals surface area contributed by atoms with Gasteiger partial charge in [-0.1, -0.05) is 19.1 Å². The summed E-state index contributed by atoms with van der Waals surface area (Å²) < 4.78 is 4.61. The molecule has 0 fully saturated rings. The Kier molecular flexibility index (Phi) is 6.02. The predicted octanol–water partition coefficient (Wildman–Crippen LogP) is 1.07. The molecule has 0 aliphatic heterocycles. The first-order valence-electron chi connectivity index (χ1n) is 6.20. The van der Waals surface area contributed by atoms with Gasteiger partial charge in [-0.25, -0.2) is 4.79 Å². The number of ether oxygens (including phenoxy) is 1. The highest BCUT2D eigenvalue weighted by atomic mass is 16.5. The maximum Gasteiger partial charge on any atom is 0.337 e. The normalized spacial score (nSPS) is 11.7. The Hall–Kier alpha value is -1.88. The lowest BCUT2D eigenvalue weighted by molar-refractivity contribution is -0.122. The van der Waals surface area contributed by atoms with Crippen LogP contribution in [0.25, 0.3) is 0 Å². The molecule has 0 aliphatic rings. The highest BCUT2D eigenvalue weighted by Gasteiger charge is 2.08. The summed E-state index contributed by atoms with van der Waals surface area (Å²) in [4.78, 5) is 22.8. The zero-order valence-electron chi connectivity index (χ0n) is 11.3. The van der Waals surface area contributed by atoms with Gasteiger partial charge in [0.05, 0.1) is 12.7 Å². The largest absolute Gasteiger partial charge is 0.465 e. The Balaban J connectivity index is 2.46. The Morgan fingerprint density at radius 3 is 2.47 bits per heavy atom. The van der Waals surface area contributed by atoms with E-state index in [1.165, 1.54) is 7.11 Å². The van der Waals surface area contributed by atoms with E-state index >= 15 is 0 Å². The molecule has 19 heavy (non-hydrogen) atoms. The maximum atomic E-state index is 11.6. The van der Waals surface area contributed by atoms with E-state index in [-0.39, 0.29) is 17.8 Å². The quantitative estimate of drug-likeness (QED) is 0.753. The van der Waals surface area contributed by atoms with Crippen molar-refractivity contribution in [2.75, 3.05) is 13.7 Å². The molecule has 0 saturated carbocycles. The lowest BCUT2D eigenvalue weighted by Crippen LogP contribution is -2.26. The number of esters is 1. The van der Waals surface area contributed by atoms with E-state index < -0.39 is 0 Å². The fraction of sp³-hybridized carbons (Fsp3) is 0.429. The minimum Gasteiger partial charge on any atom is -0.465 e. The SMILES string of the molecule is COC(=O)c1ccc(CNC(=O)CC(C)CN)cc1. The minimum atomic E-state index is -0.368. The third-order valence-electron chi connectivity index (χ3n) is 2.80. The molecule has 1 atom stereocenters. The van der Waals surface area contributed by atoms with E-state index in [1.54, 1.807) is 24.3 Å². The van der Waals surface area contributed by atoms with Gasteiger partial charge >= 0.3 is 5.97 Å². The average molecular weight is 264 g/mol. The van der Waals surface area contributed by atoms with Crippen LogP contribution in [-0.2, 0) is 16.1 Å². The second-order valence-corrected chi connectivity index (χ2v) is 4.51. The van der Waals surface area contributed by atoms with Crippen molar-refractivity contribution >= 4 is 11.9 Å². The molecule has 0 heterocycles. The van der Waals surface area contributed by atoms with Gasteiger partial charge in [0, 0.05) is 13.0 Å². The van der Waals surface area contributed by atoms with Gasteiger partial charge in [-0.15, -0.1) is 0 Å². The number of carbonyl (C=O) groups is 2. The van der Waals surface area contributed by atoms with Crippen molar-refractivity contribution in [3.05, 3.63) is 35.4 Å². The van der Waals surface area contributed by atoms with Gasteiger partial charge in [-0.3, -0.25) is 4.79 Å². The molecule has 0 aliphatic carbocycles. The van der Waals surface area contributed by atoms with Gasteiger partial charge in [0.15, 0.2) is 0 Å². The molecule has 1 aromatic rings. The number of rotatable bonds is 6. The summed E-state index contributed by atoms with van der Waals surface area (Å²) in [5, 5.41) is 2.82. The van der Waals surface area contributed by atoms with Crippen molar-refractivity contribution in [2.24, 2.45) is 11.7 Å². The average Bonchev–Trinajstić information content (AvgIpc) is 2.44. The number of hydrogen-bond acceptors (Lipinski definition) is 4. The highest BCUT2D eigenvalue weighted by Crippen LogP contribution is 2.06. The first-order chi connectivity index (χ1) is 9.06. The summed E-state index contributed by atoms with van der Waals surface area (Å²) in [6, 6.07) is 6.93. The van der Waals surface area contributed by atoms with Gasteiger partial charge in [0.1, 0.15) is 0 Å². The number of methoxy groups -OCH3 is 1. The third-order valence-corrected chi connectivity index (χ3v) is 2.80. The van der Waals surface area contributed by atoms with E-state index in [0.717, 1.165) is 5.56 Å². The fourth-order valence-electron chi connectivity index (χ4n) is 1.55. The molecular formula is C14H20N2O3. The van der Waals surface area contributed by atoms with Gasteiger partial charge < -0.3 is 15.8 Å². The van der Waals surface area contributed by atoms with Crippen molar-refractivity contribution in [2.45, 2.75) is 19.9 Å². The lowest BCUT2D eigenvalue weighted by atomic mass is 10.1. The number of nitrogens with two attached hydrogens (primary N) is 1. The predicted molar refractivity (Wildman–Crippen MR) is 72.5 cm³/mol. The molecule has 5 heteroatoms. The van der Waals surface area contributed by atoms with Crippen LogP contribution in [0.5, 0.6) is 0 Å². The van der Waals surface area contributed by atoms with Crippen LogP contribution >= 0.6 is 0 Å². The first-order valence-corrected chi connectivity index (χ1v) is 6.20. The van der Waals surface area contributed by atoms with Gasteiger partial charge in [0.25, 0.3) is 0 Å². The van der Waals surface area contributed by atoms with Crippen LogP contribution in [0.3, 0.4) is 0 Å². The molecule has 1 amide bonds. The van der Waals surface area contributed by atoms with Gasteiger partial charge in [-0.05, 0) is 30.2 Å². The molecule has 0 aromatic heterocycles. The van der Waals surface area contributed by atoms with Crippen molar-refractivity contribution < 1.29 is 14.3 Å². The number of nitrogens with one attached hydrogen (secondary N) is 1. The number of benzene rings is 1. The Morgan fingerprint density at radius 2 is 1.95 bits per heavy atom. The standard InChI is InChI=1S/C14H20N2O3/c1-10(8-15)7-13(17)16-9-11-3-5-12(6-4-11)14(18)19-2/h3-6,10H,7-9,15H2,1-2H3,(H,16,17). The molecule has 104 valence electrons. The summed E-state index contributed by atoms with van der Waals surface area (Å²) in [6.45, 7) is 2.88. The zero-order valence-corrected chi connectivity index (χ0v) is 11.3. The zero-order chi connectivity index (χ0) is 14.3. The minimum absolute atomic E-state index is 0.0185. The van der Waals surface area contributed by atoms with Crippen LogP contribution in [0.15, 0.2) is 24.3 Å². The number of carbonyl (C=O) groups excluding carboxylic acids is 2. The summed E-state index contributed by atoms with van der Waals surface area (Å²) in [7, 11) is 1.34. The van der Waals surface area contributed by atoms with Crippen molar-refractivity contribution in [3.63, 3.8) is 0 Å². The molecule has 0 spiro atoms. The highest BCUT2D eigenvalue weighted by molar-refractivity contribution is 5.89. The van der Waals surface area contributed by atoms with E-state index in [4.69, 9.17) is 5.73 Å². The van der Waals surface area contributed by atoms with Crippen LogP contribution in [0.4, 0.5) is 0 Å². The Morgan fingerprint density at radius 1 is 1.32 bits per heavy atom. The van der Waals surface area contributed by atoms with Crippen LogP contribution in [0.1, 0.15) is 29.3 Å². The molecule has 1 rings (SSSR count). The molecule has 0 saturated heterocycles. The molecular weight excluding hydrogens is 244 g/mol. The summed E-state index contributed by atoms with van der Waals surface area (Å²) in [6.07, 6.45) is 0.427. The smallest absolute Gasteiger partial charge is 0.337 e. The summed E-state index contributed by atoms with van der Waals surface area (Å²) in [5.74, 6) is -0.205. The lowest BCUT2D eigenvalue weighted by Gasteiger charge is -2.09. The molecule has 1 aromatic carbocycles. The van der Waals surface area contributed by atoms with Crippen LogP contribution in [0, 0.1) is 5.92 Å². The number of hydrogen-bond donors (Lipinski definition) is 2. The molecule has 0 bridgehead atoms. The molecule has 5 nitrogen and oxygen atoms in total. The van der Waals surface area contributed by atoms with Crippen LogP contribution < -0.4 is 11.1 Å². The second kappa shape index (κ2) is 7.53. The van der Waals surface area contributed by atoms with E-state index in [0.29, 0.717) is 25.1 Å². The number of amides is 1. The molecule has 1 unspecified atom stereocenters. The first kappa shape index (κ1) is 15.2. The summed E-state index contributed by atoms with van der Waals surface area (Å²) in [5.41, 5.74) is 6.89. The second-order valence-electron chi connectivity index (χ2n) is 4.51. The Bertz CT molecular complexity index is 429. The van der Waals surface area contributed by atoms with E-state index in [9.17, 15) is 9.59 Å². The van der Waals surface area contributed by atoms with Gasteiger partial charge in [-0.2, -0.15) is 0 Å². The fourth-order valence-corrected chi connectivity index (χ4v) is 1.55. The van der Waals surface area contributed by atoms with Crippen molar-refractivity contribution in [1.29, 1.82) is 0 Å². The topological polar surface area (TPSA) is 81.4 Å². The van der Waals surface area contributed by atoms with E-state index in [1.807, 2.05) is 6.92 Å².